The second-order valence-corrected chi connectivity index (χ2v) is 7.27. The molecular weight excluding hydrogens is 309 g/mol. The molecule has 122 valence electrons. The third-order valence-electron chi connectivity index (χ3n) is 3.65. The van der Waals surface area contributed by atoms with Crippen molar-refractivity contribution in [2.75, 3.05) is 5.32 Å². The van der Waals surface area contributed by atoms with Gasteiger partial charge in [-0.15, -0.1) is 0 Å². The molecule has 22 heavy (non-hydrogen) atoms. The van der Waals surface area contributed by atoms with Crippen LogP contribution in [0.5, 0.6) is 0 Å². The summed E-state index contributed by atoms with van der Waals surface area (Å²) in [6.07, 6.45) is 2.90. The van der Waals surface area contributed by atoms with Gasteiger partial charge in [0.1, 0.15) is 5.82 Å². The molecule has 0 spiro atoms. The monoisotopic (exact) mass is 329 g/mol. The molecule has 0 heterocycles. The molecular formula is C14H20FN3O3S. The molecule has 0 saturated heterocycles. The van der Waals surface area contributed by atoms with Crippen LogP contribution in [0.4, 0.5) is 10.1 Å². The highest BCUT2D eigenvalue weighted by atomic mass is 32.2. The Morgan fingerprint density at radius 2 is 1.91 bits per heavy atom. The Kier molecular flexibility index (Phi) is 5.15. The summed E-state index contributed by atoms with van der Waals surface area (Å²) < 4.78 is 40.9. The van der Waals surface area contributed by atoms with Crippen molar-refractivity contribution in [2.24, 2.45) is 5.73 Å². The van der Waals surface area contributed by atoms with Crippen molar-refractivity contribution < 1.29 is 17.6 Å². The quantitative estimate of drug-likeness (QED) is 0.775. The van der Waals surface area contributed by atoms with Crippen LogP contribution in [-0.2, 0) is 14.8 Å². The number of carbonyl (C=O) groups is 1. The molecule has 1 saturated carbocycles. The van der Waals surface area contributed by atoms with E-state index in [1.807, 2.05) is 0 Å². The Labute approximate surface area is 129 Å². The number of rotatable bonds is 4. The van der Waals surface area contributed by atoms with E-state index in [0.29, 0.717) is 12.8 Å². The summed E-state index contributed by atoms with van der Waals surface area (Å²) in [6, 6.07) is 3.28. The van der Waals surface area contributed by atoms with E-state index in [-0.39, 0.29) is 22.7 Å². The highest BCUT2D eigenvalue weighted by molar-refractivity contribution is 7.89. The van der Waals surface area contributed by atoms with Gasteiger partial charge in [-0.05, 0) is 43.9 Å². The van der Waals surface area contributed by atoms with Gasteiger partial charge in [-0.25, -0.2) is 17.5 Å². The van der Waals surface area contributed by atoms with E-state index in [2.05, 4.69) is 10.0 Å². The van der Waals surface area contributed by atoms with Crippen LogP contribution >= 0.6 is 0 Å². The van der Waals surface area contributed by atoms with Gasteiger partial charge >= 0.3 is 0 Å². The standard InChI is InChI=1S/C14H20FN3O3S/c1-9(19)17-14-8-12(6-7-13(14)15)22(20,21)18-11-4-2-10(16)3-5-11/h6-8,10-11,18H,2-5,16H2,1H3,(H,17,19). The first-order valence-electron chi connectivity index (χ1n) is 7.13. The third-order valence-corrected chi connectivity index (χ3v) is 5.17. The van der Waals surface area contributed by atoms with Gasteiger partial charge in [-0.1, -0.05) is 0 Å². The summed E-state index contributed by atoms with van der Waals surface area (Å²) in [5.41, 5.74) is 5.64. The lowest BCUT2D eigenvalue weighted by atomic mass is 9.93. The molecule has 6 nitrogen and oxygen atoms in total. The van der Waals surface area contributed by atoms with Crippen molar-refractivity contribution in [1.29, 1.82) is 0 Å². The van der Waals surface area contributed by atoms with Crippen molar-refractivity contribution in [2.45, 2.75) is 49.6 Å². The molecule has 0 radical (unpaired) electrons. The Balaban J connectivity index is 2.16. The zero-order valence-corrected chi connectivity index (χ0v) is 13.1. The maximum absolute atomic E-state index is 13.6. The van der Waals surface area contributed by atoms with Gasteiger partial charge in [0.2, 0.25) is 15.9 Å². The molecule has 1 fully saturated rings. The van der Waals surface area contributed by atoms with Crippen LogP contribution in [0.3, 0.4) is 0 Å². The number of nitrogens with two attached hydrogens (primary N) is 1. The average Bonchev–Trinajstić information content (AvgIpc) is 2.43. The molecule has 1 aromatic carbocycles. The lowest BCUT2D eigenvalue weighted by Gasteiger charge is -2.26. The van der Waals surface area contributed by atoms with E-state index < -0.39 is 21.7 Å². The lowest BCUT2D eigenvalue weighted by Crippen LogP contribution is -2.40. The molecule has 1 aliphatic rings. The highest BCUT2D eigenvalue weighted by Crippen LogP contribution is 2.22. The summed E-state index contributed by atoms with van der Waals surface area (Å²) >= 11 is 0. The number of benzene rings is 1. The number of anilines is 1. The molecule has 1 aromatic rings. The minimum absolute atomic E-state index is 0.0764. The number of hydrogen-bond acceptors (Lipinski definition) is 4. The topological polar surface area (TPSA) is 101 Å². The molecule has 0 unspecified atom stereocenters. The number of sulfonamides is 1. The second-order valence-electron chi connectivity index (χ2n) is 5.56. The summed E-state index contributed by atoms with van der Waals surface area (Å²) in [7, 11) is -3.76. The van der Waals surface area contributed by atoms with Crippen LogP contribution in [0.1, 0.15) is 32.6 Å². The molecule has 1 aliphatic carbocycles. The third kappa shape index (κ3) is 4.25. The van der Waals surface area contributed by atoms with Crippen LogP contribution in [0.15, 0.2) is 23.1 Å². The summed E-state index contributed by atoms with van der Waals surface area (Å²) in [5.74, 6) is -1.15. The van der Waals surface area contributed by atoms with Crippen molar-refractivity contribution in [1.82, 2.24) is 4.72 Å². The van der Waals surface area contributed by atoms with Gasteiger partial charge in [-0.3, -0.25) is 4.79 Å². The maximum Gasteiger partial charge on any atom is 0.240 e. The van der Waals surface area contributed by atoms with Crippen LogP contribution in [0.25, 0.3) is 0 Å². The van der Waals surface area contributed by atoms with Gasteiger partial charge in [-0.2, -0.15) is 0 Å². The van der Waals surface area contributed by atoms with Crippen molar-refractivity contribution in [3.63, 3.8) is 0 Å². The van der Waals surface area contributed by atoms with Gasteiger partial charge < -0.3 is 11.1 Å². The first-order valence-corrected chi connectivity index (χ1v) is 8.61. The summed E-state index contributed by atoms with van der Waals surface area (Å²) in [5, 5.41) is 2.27. The summed E-state index contributed by atoms with van der Waals surface area (Å²) in [6.45, 7) is 1.23. The Hall–Kier alpha value is -1.51. The molecule has 1 amide bonds. The van der Waals surface area contributed by atoms with Crippen LogP contribution < -0.4 is 15.8 Å². The fourth-order valence-corrected chi connectivity index (χ4v) is 3.81. The Morgan fingerprint density at radius 1 is 1.27 bits per heavy atom. The normalized spacial score (nSPS) is 22.3. The van der Waals surface area contributed by atoms with E-state index >= 15 is 0 Å². The fourth-order valence-electron chi connectivity index (χ4n) is 2.48. The van der Waals surface area contributed by atoms with Gasteiger partial charge in [0.15, 0.2) is 0 Å². The molecule has 0 aliphatic heterocycles. The van der Waals surface area contributed by atoms with E-state index in [9.17, 15) is 17.6 Å². The second kappa shape index (κ2) is 6.72. The number of nitrogens with one attached hydrogen (secondary N) is 2. The average molecular weight is 329 g/mol. The zero-order chi connectivity index (χ0) is 16.3. The number of halogens is 1. The first kappa shape index (κ1) is 16.9. The highest BCUT2D eigenvalue weighted by Gasteiger charge is 2.25. The molecule has 0 bridgehead atoms. The fraction of sp³-hybridized carbons (Fsp3) is 0.500. The van der Waals surface area contributed by atoms with Crippen LogP contribution in [-0.4, -0.2) is 26.4 Å². The van der Waals surface area contributed by atoms with Gasteiger partial charge in [0.05, 0.1) is 10.6 Å². The number of carbonyl (C=O) groups excluding carboxylic acids is 1. The van der Waals surface area contributed by atoms with Gasteiger partial charge in [0, 0.05) is 19.0 Å². The summed E-state index contributed by atoms with van der Waals surface area (Å²) in [4.78, 5) is 10.9. The maximum atomic E-state index is 13.6. The van der Waals surface area contributed by atoms with E-state index in [4.69, 9.17) is 5.73 Å². The zero-order valence-electron chi connectivity index (χ0n) is 12.3. The van der Waals surface area contributed by atoms with E-state index in [1.165, 1.54) is 13.0 Å². The van der Waals surface area contributed by atoms with Crippen LogP contribution in [0.2, 0.25) is 0 Å². The lowest BCUT2D eigenvalue weighted by molar-refractivity contribution is -0.114. The predicted molar refractivity (Wildman–Crippen MR) is 81.3 cm³/mol. The minimum atomic E-state index is -3.76. The first-order chi connectivity index (χ1) is 10.3. The van der Waals surface area contributed by atoms with E-state index in [1.54, 1.807) is 0 Å². The van der Waals surface area contributed by atoms with Crippen molar-refractivity contribution in [3.8, 4) is 0 Å². The van der Waals surface area contributed by atoms with E-state index in [0.717, 1.165) is 25.0 Å². The number of hydrogen-bond donors (Lipinski definition) is 3. The predicted octanol–water partition coefficient (Wildman–Crippen LogP) is 1.33. The van der Waals surface area contributed by atoms with Crippen molar-refractivity contribution >= 4 is 21.6 Å². The smallest absolute Gasteiger partial charge is 0.240 e. The molecule has 2 rings (SSSR count). The van der Waals surface area contributed by atoms with Crippen LogP contribution in [0, 0.1) is 5.82 Å². The molecule has 4 N–H and O–H groups in total. The number of amides is 1. The SMILES string of the molecule is CC(=O)Nc1cc(S(=O)(=O)NC2CCC(N)CC2)ccc1F. The molecule has 0 atom stereocenters. The van der Waals surface area contributed by atoms with Gasteiger partial charge in [0.25, 0.3) is 0 Å². The molecule has 8 heteroatoms. The Morgan fingerprint density at radius 3 is 2.50 bits per heavy atom. The minimum Gasteiger partial charge on any atom is -0.328 e. The van der Waals surface area contributed by atoms with Crippen molar-refractivity contribution in [3.05, 3.63) is 24.0 Å². The molecule has 0 aromatic heterocycles. The largest absolute Gasteiger partial charge is 0.328 e. The Bertz CT molecular complexity index is 655.